The number of nitrogens with one attached hydrogen (secondary N) is 3. The first kappa shape index (κ1) is 70.6. The largest absolute Gasteiger partial charge is 0.479 e. The van der Waals surface area contributed by atoms with Crippen molar-refractivity contribution in [3.05, 3.63) is 136 Å². The van der Waals surface area contributed by atoms with E-state index in [4.69, 9.17) is 24.3 Å². The molecule has 4 aliphatic carbocycles. The zero-order valence-corrected chi connectivity index (χ0v) is 57.1. The first-order valence-electron chi connectivity index (χ1n) is 33.9. The van der Waals surface area contributed by atoms with Gasteiger partial charge >= 0.3 is 18.0 Å². The van der Waals surface area contributed by atoms with Gasteiger partial charge in [-0.05, 0) is 146 Å². The van der Waals surface area contributed by atoms with Gasteiger partial charge in [0.1, 0.15) is 30.7 Å². The van der Waals surface area contributed by atoms with Gasteiger partial charge in [-0.15, -0.1) is 0 Å². The number of aliphatic hydroxyl groups is 3. The van der Waals surface area contributed by atoms with Crippen molar-refractivity contribution in [3.63, 3.8) is 0 Å². The fourth-order valence-electron chi connectivity index (χ4n) is 16.9. The molecule has 0 spiro atoms. The molecule has 27 heteroatoms. The normalized spacial score (nSPS) is 25.2. The Kier molecular flexibility index (Phi) is 20.6. The average molecular weight is 1390 g/mol. The Balaban J connectivity index is 0.645. The predicted molar refractivity (Wildman–Crippen MR) is 369 cm³/mol. The lowest BCUT2D eigenvalue weighted by molar-refractivity contribution is -0.248. The van der Waals surface area contributed by atoms with Gasteiger partial charge in [-0.2, -0.15) is 5.10 Å². The second kappa shape index (κ2) is 29.1. The van der Waals surface area contributed by atoms with Gasteiger partial charge in [0.2, 0.25) is 11.8 Å². The summed E-state index contributed by atoms with van der Waals surface area (Å²) in [7, 11) is 1.64. The lowest BCUT2D eigenvalue weighted by Gasteiger charge is -2.69. The van der Waals surface area contributed by atoms with Crippen LogP contribution in [0.3, 0.4) is 0 Å². The van der Waals surface area contributed by atoms with Crippen LogP contribution in [0.25, 0.3) is 27.4 Å². The number of aromatic nitrogens is 4. The number of thiazole rings is 1. The molecule has 0 radical (unpaired) electrons. The highest BCUT2D eigenvalue weighted by Crippen LogP contribution is 2.72. The van der Waals surface area contributed by atoms with E-state index in [-0.39, 0.29) is 103 Å². The highest BCUT2D eigenvalue weighted by molar-refractivity contribution is 7.22. The molecule has 7 atom stereocenters. The van der Waals surface area contributed by atoms with Gasteiger partial charge in [0, 0.05) is 106 Å². The number of carboxylic acid groups (broad SMARTS) is 2. The fraction of sp³-hybridized carbons (Fsp3) is 0.466. The highest BCUT2D eigenvalue weighted by atomic mass is 32.1. The van der Waals surface area contributed by atoms with E-state index in [1.54, 1.807) is 49.7 Å². The van der Waals surface area contributed by atoms with Gasteiger partial charge in [-0.25, -0.2) is 24.4 Å². The number of pyridine rings is 1. The number of aromatic carboxylic acids is 1. The van der Waals surface area contributed by atoms with Crippen LogP contribution >= 0.6 is 11.3 Å². The Hall–Kier alpha value is -9.25. The van der Waals surface area contributed by atoms with E-state index in [0.717, 1.165) is 70.5 Å². The molecule has 3 aromatic heterocycles. The van der Waals surface area contributed by atoms with Crippen LogP contribution in [0, 0.1) is 23.2 Å². The summed E-state index contributed by atoms with van der Waals surface area (Å²) in [6.07, 6.45) is 5.99. The third-order valence-corrected chi connectivity index (χ3v) is 21.3. The number of anilines is 3. The van der Waals surface area contributed by atoms with Gasteiger partial charge in [-0.3, -0.25) is 38.9 Å². The van der Waals surface area contributed by atoms with Crippen molar-refractivity contribution in [2.45, 2.75) is 153 Å². The van der Waals surface area contributed by atoms with E-state index < -0.39 is 60.1 Å². The van der Waals surface area contributed by atoms with Gasteiger partial charge in [0.05, 0.1) is 34.7 Å². The van der Waals surface area contributed by atoms with Crippen LogP contribution < -0.4 is 20.9 Å². The summed E-state index contributed by atoms with van der Waals surface area (Å²) in [4.78, 5) is 116. The molecule has 528 valence electrons. The molecular weight excluding hydrogens is 1300 g/mol. The Morgan fingerprint density at radius 1 is 0.820 bits per heavy atom. The maximum atomic E-state index is 13.8. The van der Waals surface area contributed by atoms with E-state index in [2.05, 4.69) is 34.8 Å². The lowest BCUT2D eigenvalue weighted by atomic mass is 9.39. The van der Waals surface area contributed by atoms with Crippen LogP contribution in [0.1, 0.15) is 133 Å². The predicted octanol–water partition coefficient (Wildman–Crippen LogP) is 7.70. The SMILES string of the molecule is Cc1c(-c2ccc(N3CCc4cccc(C(=O)Nc5nc6ccccc6s5)c4C3)nc2C(=O)O)cnn1CC12CC3(C)CC(C)(C1)CC(OCCN(C)C(=O)OC/C=C/c1ccc(C[C@@H]4O[C@H](C(=O)O)[C@@H](O)[C@H](O)[C@H]4O)c(NC(=O)CCNC(=O)CCCCCN4C(=O)C=CC4=O)c1)(C3)C2. The second-order valence-electron chi connectivity index (χ2n) is 28.5. The quantitative estimate of drug-likeness (QED) is 0.0181. The smallest absolute Gasteiger partial charge is 0.409 e. The number of carbonyl (C=O) groups is 8. The van der Waals surface area contributed by atoms with Crippen molar-refractivity contribution in [2.75, 3.05) is 62.0 Å². The molecule has 5 fully saturated rings. The molecule has 100 heavy (non-hydrogen) atoms. The molecule has 2 unspecified atom stereocenters. The molecular formula is C73H84N10O16S. The number of para-hydroxylation sites is 1. The van der Waals surface area contributed by atoms with Crippen LogP contribution in [0.2, 0.25) is 0 Å². The van der Waals surface area contributed by atoms with Crippen molar-refractivity contribution in [1.29, 1.82) is 0 Å². The van der Waals surface area contributed by atoms with E-state index >= 15 is 0 Å². The van der Waals surface area contributed by atoms with Crippen molar-refractivity contribution < 1.29 is 78.1 Å². The number of carboxylic acids is 2. The number of unbranched alkanes of at least 4 members (excludes halogenated alkanes) is 2. The minimum atomic E-state index is -1.90. The molecule has 4 bridgehead atoms. The second-order valence-corrected chi connectivity index (χ2v) is 29.5. The Bertz CT molecular complexity index is 4170. The number of aliphatic carboxylic acids is 1. The number of hydrogen-bond acceptors (Lipinski definition) is 19. The summed E-state index contributed by atoms with van der Waals surface area (Å²) in [5.41, 5.74) is 5.63. The Morgan fingerprint density at radius 3 is 2.34 bits per heavy atom. The fourth-order valence-corrected chi connectivity index (χ4v) is 17.7. The molecule has 6 amide bonds. The lowest BCUT2D eigenvalue weighted by Crippen LogP contribution is -2.64. The average Bonchev–Trinajstić information content (AvgIpc) is 0.742. The van der Waals surface area contributed by atoms with Crippen molar-refractivity contribution in [1.82, 2.24) is 34.9 Å². The molecule has 6 heterocycles. The van der Waals surface area contributed by atoms with Gasteiger partial charge < -0.3 is 60.2 Å². The highest BCUT2D eigenvalue weighted by Gasteiger charge is 2.66. The molecule has 6 aromatic rings. The minimum Gasteiger partial charge on any atom is -0.479 e. The van der Waals surface area contributed by atoms with E-state index in [1.165, 1.54) is 28.4 Å². The van der Waals surface area contributed by atoms with E-state index in [1.807, 2.05) is 65.0 Å². The van der Waals surface area contributed by atoms with Gasteiger partial charge in [0.15, 0.2) is 16.9 Å². The molecule has 1 saturated heterocycles. The summed E-state index contributed by atoms with van der Waals surface area (Å²) < 4.78 is 21.2. The zero-order chi connectivity index (χ0) is 70.8. The Labute approximate surface area is 581 Å². The molecule has 8 N–H and O–H groups in total. The maximum Gasteiger partial charge on any atom is 0.409 e. The van der Waals surface area contributed by atoms with Gasteiger partial charge in [0.25, 0.3) is 17.7 Å². The molecule has 3 aliphatic heterocycles. The third kappa shape index (κ3) is 15.5. The topological polar surface area (TPSA) is 355 Å². The van der Waals surface area contributed by atoms with Gasteiger partial charge in [-0.1, -0.05) is 74.1 Å². The monoisotopic (exact) mass is 1390 g/mol. The van der Waals surface area contributed by atoms with Crippen LogP contribution in [0.4, 0.5) is 21.4 Å². The van der Waals surface area contributed by atoms with Crippen LogP contribution in [-0.2, 0) is 64.1 Å². The van der Waals surface area contributed by atoms with Crippen molar-refractivity contribution >= 4 is 91.8 Å². The summed E-state index contributed by atoms with van der Waals surface area (Å²) in [6, 6.07) is 22.0. The first-order valence-corrected chi connectivity index (χ1v) is 34.7. The number of ether oxygens (including phenoxy) is 3. The van der Waals surface area contributed by atoms with Crippen molar-refractivity contribution in [3.8, 4) is 11.1 Å². The summed E-state index contributed by atoms with van der Waals surface area (Å²) in [5.74, 6) is -3.99. The molecule has 26 nitrogen and oxygen atoms in total. The number of imide groups is 1. The summed E-state index contributed by atoms with van der Waals surface area (Å²) in [6.45, 7) is 8.86. The molecule has 7 aliphatic rings. The number of nitrogens with zero attached hydrogens (tertiary/aromatic N) is 7. The number of carbonyl (C=O) groups excluding carboxylic acids is 6. The van der Waals surface area contributed by atoms with Crippen LogP contribution in [-0.4, -0.2) is 185 Å². The Morgan fingerprint density at radius 2 is 1.59 bits per heavy atom. The number of benzene rings is 3. The molecule has 13 rings (SSSR count). The van der Waals surface area contributed by atoms with E-state index in [9.17, 15) is 63.9 Å². The van der Waals surface area contributed by atoms with Crippen LogP contribution in [0.5, 0.6) is 0 Å². The van der Waals surface area contributed by atoms with Crippen molar-refractivity contribution in [2.24, 2.45) is 16.2 Å². The summed E-state index contributed by atoms with van der Waals surface area (Å²) in [5, 5.41) is 66.1. The minimum absolute atomic E-state index is 0.00634. The number of rotatable bonds is 27. The molecule has 4 saturated carbocycles. The number of aliphatic hydroxyl groups excluding tert-OH is 3. The third-order valence-electron chi connectivity index (χ3n) is 20.4. The first-order chi connectivity index (χ1) is 47.8. The van der Waals surface area contributed by atoms with E-state index in [0.29, 0.717) is 84.1 Å². The standard InChI is InChI=1S/C73H84N10O16S/c1-43-49(47-20-21-55(78-60(47)66(92)93)81-28-25-45-13-10-14-48(50(45)35-81)65(91)79-68-77-51-15-7-8-16-54(51)100-68)34-75-83(43)42-72-37-70(2)36-71(3,38-72)40-73(39-70,41-72)98-31-29-80(4)69(96)97-30-11-12-44-18-19-46(33-53-61(88)62(89)63(90)64(99-53)67(94)95)52(32-44)76-57(85)24-26-74-56(84)17-6-5-9-27-82-58(86)22-23-59(82)87/h7-8,10-16,18-23,32,34,53,61-64,88-90H,5-6,9,17,24-31,33,35-42H2,1-4H3,(H,74,84)(H,76,85)(H,92,93)(H,94,95)(H,77,79,91)/b12-11+/t53-,61-,62+,63-,64-,70?,71?,72?,73?/m0/s1. The number of fused-ring (bicyclic) bond motifs is 2. The number of likely N-dealkylation sites (N-methyl/N-ethyl adjacent to an activating group) is 1. The molecule has 3 aromatic carbocycles. The number of amides is 6. The maximum absolute atomic E-state index is 13.8. The zero-order valence-electron chi connectivity index (χ0n) is 56.3. The number of hydrogen-bond donors (Lipinski definition) is 8. The van der Waals surface area contributed by atoms with Crippen LogP contribution in [0.15, 0.2) is 97.2 Å². The summed E-state index contributed by atoms with van der Waals surface area (Å²) >= 11 is 1.41.